The Labute approximate surface area is 156 Å². The maximum Gasteiger partial charge on any atom is 0.0114 e. The quantitative estimate of drug-likeness (QED) is 0.698. The third kappa shape index (κ3) is 3.52. The Morgan fingerprint density at radius 1 is 1.04 bits per heavy atom. The van der Waals surface area contributed by atoms with Crippen molar-refractivity contribution in [3.8, 4) is 0 Å². The molecule has 1 saturated heterocycles. The van der Waals surface area contributed by atoms with E-state index in [4.69, 9.17) is 0 Å². The first kappa shape index (κ1) is 17.2. The van der Waals surface area contributed by atoms with E-state index < -0.39 is 0 Å². The van der Waals surface area contributed by atoms with Crippen molar-refractivity contribution in [1.82, 2.24) is 5.32 Å². The molecule has 4 rings (SSSR count). The van der Waals surface area contributed by atoms with Crippen molar-refractivity contribution >= 4 is 11.8 Å². The highest BCUT2D eigenvalue weighted by Crippen LogP contribution is 2.52. The third-order valence-electron chi connectivity index (χ3n) is 6.33. The van der Waals surface area contributed by atoms with Gasteiger partial charge in [-0.1, -0.05) is 61.9 Å². The molecule has 1 saturated carbocycles. The normalized spacial score (nSPS) is 30.0. The van der Waals surface area contributed by atoms with Crippen LogP contribution in [0, 0.1) is 5.92 Å². The molecule has 1 aliphatic heterocycles. The first-order valence-corrected chi connectivity index (χ1v) is 10.7. The molecule has 2 aliphatic rings. The van der Waals surface area contributed by atoms with Crippen LogP contribution in [0.3, 0.4) is 0 Å². The number of piperidine rings is 1. The third-order valence-corrected chi connectivity index (χ3v) is 7.47. The van der Waals surface area contributed by atoms with Crippen molar-refractivity contribution in [2.45, 2.75) is 60.6 Å². The molecule has 2 heteroatoms. The van der Waals surface area contributed by atoms with Crippen molar-refractivity contribution in [2.75, 3.05) is 6.54 Å². The summed E-state index contributed by atoms with van der Waals surface area (Å²) in [5.41, 5.74) is 2.02. The van der Waals surface area contributed by atoms with E-state index in [0.29, 0.717) is 16.7 Å². The fourth-order valence-electron chi connectivity index (χ4n) is 5.28. The van der Waals surface area contributed by atoms with E-state index in [0.717, 1.165) is 5.92 Å². The number of benzene rings is 2. The van der Waals surface area contributed by atoms with Crippen LogP contribution in [0.1, 0.15) is 44.6 Å². The number of rotatable bonds is 5. The van der Waals surface area contributed by atoms with Crippen LogP contribution in [0.15, 0.2) is 65.6 Å². The SMILES string of the molecule is CC(CC1NCCC2(c3ccccc3)CCCC12)Sc1ccccc1. The second kappa shape index (κ2) is 7.55. The second-order valence-corrected chi connectivity index (χ2v) is 9.32. The fraction of sp³-hybridized carbons (Fsp3) is 0.478. The van der Waals surface area contributed by atoms with Gasteiger partial charge in [-0.05, 0) is 55.8 Å². The van der Waals surface area contributed by atoms with Gasteiger partial charge in [0.15, 0.2) is 0 Å². The van der Waals surface area contributed by atoms with Gasteiger partial charge in [-0.2, -0.15) is 0 Å². The highest BCUT2D eigenvalue weighted by atomic mass is 32.2. The topological polar surface area (TPSA) is 12.0 Å². The average molecular weight is 352 g/mol. The van der Waals surface area contributed by atoms with Crippen molar-refractivity contribution < 1.29 is 0 Å². The van der Waals surface area contributed by atoms with Gasteiger partial charge in [0.2, 0.25) is 0 Å². The number of fused-ring (bicyclic) bond motifs is 1. The van der Waals surface area contributed by atoms with Gasteiger partial charge in [0, 0.05) is 21.6 Å². The molecule has 1 aliphatic carbocycles. The molecule has 0 radical (unpaired) electrons. The first-order valence-electron chi connectivity index (χ1n) is 9.78. The van der Waals surface area contributed by atoms with Gasteiger partial charge in [0.05, 0.1) is 0 Å². The van der Waals surface area contributed by atoms with Gasteiger partial charge >= 0.3 is 0 Å². The van der Waals surface area contributed by atoms with Crippen molar-refractivity contribution in [2.24, 2.45) is 5.92 Å². The molecule has 0 amide bonds. The van der Waals surface area contributed by atoms with Crippen LogP contribution < -0.4 is 5.32 Å². The summed E-state index contributed by atoms with van der Waals surface area (Å²) in [4.78, 5) is 1.39. The van der Waals surface area contributed by atoms with Gasteiger partial charge in [-0.15, -0.1) is 11.8 Å². The first-order chi connectivity index (χ1) is 12.3. The molecule has 25 heavy (non-hydrogen) atoms. The molecule has 132 valence electrons. The summed E-state index contributed by atoms with van der Waals surface area (Å²) in [6.07, 6.45) is 6.71. The molecular formula is C23H29NS. The van der Waals surface area contributed by atoms with Crippen LogP contribution in [0.2, 0.25) is 0 Å². The lowest BCUT2D eigenvalue weighted by molar-refractivity contribution is 0.169. The highest BCUT2D eigenvalue weighted by molar-refractivity contribution is 7.99. The Morgan fingerprint density at radius 3 is 2.52 bits per heavy atom. The maximum atomic E-state index is 3.89. The number of hydrogen-bond acceptors (Lipinski definition) is 2. The molecular weight excluding hydrogens is 322 g/mol. The molecule has 4 unspecified atom stereocenters. The molecule has 1 heterocycles. The minimum atomic E-state index is 0.425. The van der Waals surface area contributed by atoms with E-state index in [2.05, 4.69) is 72.9 Å². The maximum absolute atomic E-state index is 3.89. The van der Waals surface area contributed by atoms with Gasteiger partial charge in [-0.3, -0.25) is 0 Å². The molecule has 2 aromatic carbocycles. The van der Waals surface area contributed by atoms with Crippen molar-refractivity contribution in [1.29, 1.82) is 0 Å². The van der Waals surface area contributed by atoms with Crippen molar-refractivity contribution in [3.05, 3.63) is 66.2 Å². The largest absolute Gasteiger partial charge is 0.314 e. The minimum absolute atomic E-state index is 0.425. The van der Waals surface area contributed by atoms with Gasteiger partial charge in [0.1, 0.15) is 0 Å². The van der Waals surface area contributed by atoms with Crippen LogP contribution >= 0.6 is 11.8 Å². The van der Waals surface area contributed by atoms with Gasteiger partial charge in [0.25, 0.3) is 0 Å². The Hall–Kier alpha value is -1.25. The van der Waals surface area contributed by atoms with E-state index in [1.807, 2.05) is 11.8 Å². The lowest BCUT2D eigenvalue weighted by Gasteiger charge is -2.46. The van der Waals surface area contributed by atoms with Gasteiger partial charge in [-0.25, -0.2) is 0 Å². The minimum Gasteiger partial charge on any atom is -0.314 e. The number of nitrogens with one attached hydrogen (secondary N) is 1. The van der Waals surface area contributed by atoms with Crippen LogP contribution in [0.4, 0.5) is 0 Å². The molecule has 1 N–H and O–H groups in total. The Balaban J connectivity index is 1.49. The lowest BCUT2D eigenvalue weighted by atomic mass is 9.65. The standard InChI is InChI=1S/C23H29NS/c1-18(25-20-11-6-3-7-12-20)17-22-21-13-8-14-23(21,15-16-24-22)19-9-4-2-5-10-19/h2-7,9-12,18,21-22,24H,8,13-17H2,1H3. The Morgan fingerprint density at radius 2 is 1.76 bits per heavy atom. The zero-order valence-electron chi connectivity index (χ0n) is 15.2. The number of hydrogen-bond donors (Lipinski definition) is 1. The summed E-state index contributed by atoms with van der Waals surface area (Å²) in [5.74, 6) is 0.794. The van der Waals surface area contributed by atoms with Crippen LogP contribution in [0.5, 0.6) is 0 Å². The van der Waals surface area contributed by atoms with Crippen molar-refractivity contribution in [3.63, 3.8) is 0 Å². The average Bonchev–Trinajstić information content (AvgIpc) is 3.10. The second-order valence-electron chi connectivity index (χ2n) is 7.81. The fourth-order valence-corrected chi connectivity index (χ4v) is 6.36. The summed E-state index contributed by atoms with van der Waals surface area (Å²) in [6.45, 7) is 3.56. The Bertz CT molecular complexity index is 671. The highest BCUT2D eigenvalue weighted by Gasteiger charge is 2.49. The Kier molecular flexibility index (Phi) is 5.19. The van der Waals surface area contributed by atoms with E-state index in [-0.39, 0.29) is 0 Å². The van der Waals surface area contributed by atoms with Crippen LogP contribution in [-0.4, -0.2) is 17.8 Å². The van der Waals surface area contributed by atoms with E-state index in [1.165, 1.54) is 43.5 Å². The summed E-state index contributed by atoms with van der Waals surface area (Å²) < 4.78 is 0. The summed E-state index contributed by atoms with van der Waals surface area (Å²) in [6, 6.07) is 22.9. The molecule has 0 bridgehead atoms. The number of thioether (sulfide) groups is 1. The monoisotopic (exact) mass is 351 g/mol. The summed E-state index contributed by atoms with van der Waals surface area (Å²) in [7, 11) is 0. The van der Waals surface area contributed by atoms with E-state index in [1.54, 1.807) is 5.56 Å². The zero-order valence-corrected chi connectivity index (χ0v) is 16.0. The zero-order chi connectivity index (χ0) is 17.1. The summed E-state index contributed by atoms with van der Waals surface area (Å²) in [5, 5.41) is 4.53. The van der Waals surface area contributed by atoms with Gasteiger partial charge < -0.3 is 5.32 Å². The summed E-state index contributed by atoms with van der Waals surface area (Å²) >= 11 is 2.03. The van der Waals surface area contributed by atoms with Crippen LogP contribution in [-0.2, 0) is 5.41 Å². The molecule has 0 aromatic heterocycles. The van der Waals surface area contributed by atoms with E-state index in [9.17, 15) is 0 Å². The lowest BCUT2D eigenvalue weighted by Crippen LogP contribution is -2.52. The molecule has 4 atom stereocenters. The molecule has 2 fully saturated rings. The smallest absolute Gasteiger partial charge is 0.0114 e. The van der Waals surface area contributed by atoms with Crippen LogP contribution in [0.25, 0.3) is 0 Å². The van der Waals surface area contributed by atoms with E-state index >= 15 is 0 Å². The molecule has 0 spiro atoms. The molecule has 2 aromatic rings. The predicted molar refractivity (Wildman–Crippen MR) is 108 cm³/mol. The predicted octanol–water partition coefficient (Wildman–Crippen LogP) is 5.66. The molecule has 1 nitrogen and oxygen atoms in total.